The van der Waals surface area contributed by atoms with Crippen molar-refractivity contribution in [3.63, 3.8) is 0 Å². The zero-order chi connectivity index (χ0) is 13.8. The van der Waals surface area contributed by atoms with Crippen molar-refractivity contribution in [2.75, 3.05) is 37.2 Å². The number of anilines is 2. The summed E-state index contributed by atoms with van der Waals surface area (Å²) in [7, 11) is 0. The molecule has 0 saturated carbocycles. The van der Waals surface area contributed by atoms with E-state index in [-0.39, 0.29) is 5.56 Å². The maximum atomic E-state index is 11.0. The Hall–Kier alpha value is -1.75. The van der Waals surface area contributed by atoms with Gasteiger partial charge in [0.1, 0.15) is 0 Å². The Bertz CT molecular complexity index is 462. The maximum Gasteiger partial charge on any atom is 0.337 e. The van der Waals surface area contributed by atoms with Gasteiger partial charge in [-0.25, -0.2) is 4.79 Å². The second-order valence-electron chi connectivity index (χ2n) is 5.04. The van der Waals surface area contributed by atoms with Gasteiger partial charge in [-0.3, -0.25) is 0 Å². The number of nitrogens with one attached hydrogen (secondary N) is 1. The van der Waals surface area contributed by atoms with Crippen LogP contribution in [-0.4, -0.2) is 42.2 Å². The number of aromatic carboxylic acids is 1. The molecule has 19 heavy (non-hydrogen) atoms. The van der Waals surface area contributed by atoms with Crippen LogP contribution >= 0.6 is 0 Å². The summed E-state index contributed by atoms with van der Waals surface area (Å²) in [6.07, 6.45) is 1.20. The summed E-state index contributed by atoms with van der Waals surface area (Å²) in [5.74, 6) is -0.357. The lowest BCUT2D eigenvalue weighted by atomic mass is 10.1. The lowest BCUT2D eigenvalue weighted by molar-refractivity contribution is 0.0698. The largest absolute Gasteiger partial charge is 0.478 e. The van der Waals surface area contributed by atoms with E-state index >= 15 is 0 Å². The second-order valence-corrected chi connectivity index (χ2v) is 5.04. The van der Waals surface area contributed by atoms with Gasteiger partial charge < -0.3 is 21.1 Å². The van der Waals surface area contributed by atoms with Gasteiger partial charge in [-0.05, 0) is 43.6 Å². The number of carbonyl (C=O) groups is 1. The van der Waals surface area contributed by atoms with E-state index in [1.807, 2.05) is 6.07 Å². The van der Waals surface area contributed by atoms with E-state index in [9.17, 15) is 4.79 Å². The summed E-state index contributed by atoms with van der Waals surface area (Å²) in [6, 6.07) is 5.07. The number of nitrogens with two attached hydrogens (primary N) is 1. The summed E-state index contributed by atoms with van der Waals surface area (Å²) >= 11 is 0. The molecule has 0 amide bonds. The van der Waals surface area contributed by atoms with Crippen LogP contribution in [0.3, 0.4) is 0 Å². The molecule has 0 radical (unpaired) electrons. The van der Waals surface area contributed by atoms with E-state index in [0.717, 1.165) is 31.9 Å². The molecule has 1 aliphatic heterocycles. The molecule has 1 unspecified atom stereocenters. The summed E-state index contributed by atoms with van der Waals surface area (Å²) in [5, 5.41) is 12.3. The van der Waals surface area contributed by atoms with Crippen molar-refractivity contribution in [1.29, 1.82) is 0 Å². The lowest BCUT2D eigenvalue weighted by Gasteiger charge is -2.15. The molecule has 4 N–H and O–H groups in total. The van der Waals surface area contributed by atoms with Crippen molar-refractivity contribution in [1.82, 2.24) is 4.90 Å². The minimum atomic E-state index is -0.987. The Kier molecular flexibility index (Phi) is 4.27. The fourth-order valence-corrected chi connectivity index (χ4v) is 2.48. The third kappa shape index (κ3) is 3.38. The predicted octanol–water partition coefficient (Wildman–Crippen LogP) is 1.72. The molecule has 5 heteroatoms. The Balaban J connectivity index is 1.93. The first-order valence-corrected chi connectivity index (χ1v) is 6.69. The van der Waals surface area contributed by atoms with Gasteiger partial charge in [-0.1, -0.05) is 6.92 Å². The van der Waals surface area contributed by atoms with Crippen molar-refractivity contribution in [3.05, 3.63) is 23.8 Å². The number of likely N-dealkylation sites (tertiary alicyclic amines) is 1. The summed E-state index contributed by atoms with van der Waals surface area (Å²) in [6.45, 7) is 6.42. The highest BCUT2D eigenvalue weighted by Gasteiger charge is 2.20. The highest BCUT2D eigenvalue weighted by Crippen LogP contribution is 2.20. The first kappa shape index (κ1) is 13.7. The number of carboxylic acid groups (broad SMARTS) is 1. The Morgan fingerprint density at radius 3 is 3.00 bits per heavy atom. The molecule has 1 aromatic rings. The number of hydrogen-bond donors (Lipinski definition) is 3. The van der Waals surface area contributed by atoms with Crippen molar-refractivity contribution in [2.24, 2.45) is 5.92 Å². The standard InChI is InChI=1S/C14H21N3O2/c1-2-17-6-5-10(9-17)8-16-11-3-4-13(15)12(7-11)14(18)19/h3-4,7,10,16H,2,5-6,8-9,15H2,1H3,(H,18,19). The van der Waals surface area contributed by atoms with Crippen molar-refractivity contribution in [3.8, 4) is 0 Å². The van der Waals surface area contributed by atoms with Crippen LogP contribution < -0.4 is 11.1 Å². The van der Waals surface area contributed by atoms with E-state index < -0.39 is 5.97 Å². The molecule has 1 saturated heterocycles. The summed E-state index contributed by atoms with van der Waals surface area (Å²) < 4.78 is 0. The van der Waals surface area contributed by atoms with Crippen LogP contribution in [0.2, 0.25) is 0 Å². The molecule has 1 fully saturated rings. The highest BCUT2D eigenvalue weighted by molar-refractivity contribution is 5.94. The average molecular weight is 263 g/mol. The van der Waals surface area contributed by atoms with Crippen LogP contribution in [0.15, 0.2) is 18.2 Å². The minimum absolute atomic E-state index is 0.159. The normalized spacial score (nSPS) is 19.5. The SMILES string of the molecule is CCN1CCC(CNc2ccc(N)c(C(=O)O)c2)C1. The summed E-state index contributed by atoms with van der Waals surface area (Å²) in [4.78, 5) is 13.4. The Labute approximate surface area is 113 Å². The molecule has 2 rings (SSSR count). The summed E-state index contributed by atoms with van der Waals surface area (Å²) in [5.41, 5.74) is 6.91. The maximum absolute atomic E-state index is 11.0. The molecule has 0 spiro atoms. The molecule has 1 heterocycles. The molecule has 1 aromatic carbocycles. The zero-order valence-corrected chi connectivity index (χ0v) is 11.2. The van der Waals surface area contributed by atoms with Gasteiger partial charge in [-0.2, -0.15) is 0 Å². The average Bonchev–Trinajstić information content (AvgIpc) is 2.85. The second kappa shape index (κ2) is 5.93. The fraction of sp³-hybridized carbons (Fsp3) is 0.500. The van der Waals surface area contributed by atoms with Gasteiger partial charge in [0.2, 0.25) is 0 Å². The quantitative estimate of drug-likeness (QED) is 0.705. The van der Waals surface area contributed by atoms with Crippen LogP contribution in [0.5, 0.6) is 0 Å². The molecule has 1 atom stereocenters. The smallest absolute Gasteiger partial charge is 0.337 e. The van der Waals surface area contributed by atoms with E-state index in [1.165, 1.54) is 6.42 Å². The molecular formula is C14H21N3O2. The molecule has 1 aliphatic rings. The van der Waals surface area contributed by atoms with Gasteiger partial charge in [0, 0.05) is 24.5 Å². The monoisotopic (exact) mass is 263 g/mol. The molecule has 0 aliphatic carbocycles. The minimum Gasteiger partial charge on any atom is -0.478 e. The Morgan fingerprint density at radius 1 is 1.58 bits per heavy atom. The number of rotatable bonds is 5. The molecule has 104 valence electrons. The predicted molar refractivity (Wildman–Crippen MR) is 76.5 cm³/mol. The van der Waals surface area contributed by atoms with Crippen molar-refractivity contribution >= 4 is 17.3 Å². The van der Waals surface area contributed by atoms with Crippen LogP contribution in [0, 0.1) is 5.92 Å². The number of nitrogen functional groups attached to an aromatic ring is 1. The van der Waals surface area contributed by atoms with Gasteiger partial charge in [0.25, 0.3) is 0 Å². The molecule has 0 aromatic heterocycles. The van der Waals surface area contributed by atoms with Crippen molar-refractivity contribution < 1.29 is 9.90 Å². The first-order valence-electron chi connectivity index (χ1n) is 6.69. The van der Waals surface area contributed by atoms with Crippen LogP contribution in [0.4, 0.5) is 11.4 Å². The number of benzene rings is 1. The van der Waals surface area contributed by atoms with Gasteiger partial charge >= 0.3 is 5.97 Å². The van der Waals surface area contributed by atoms with Gasteiger partial charge in [0.05, 0.1) is 5.56 Å². The number of carboxylic acids is 1. The highest BCUT2D eigenvalue weighted by atomic mass is 16.4. The third-order valence-electron chi connectivity index (χ3n) is 3.70. The topological polar surface area (TPSA) is 78.6 Å². The van der Waals surface area contributed by atoms with Crippen LogP contribution in [0.1, 0.15) is 23.7 Å². The zero-order valence-electron chi connectivity index (χ0n) is 11.2. The number of hydrogen-bond acceptors (Lipinski definition) is 4. The molecule has 0 bridgehead atoms. The van der Waals surface area contributed by atoms with E-state index in [1.54, 1.807) is 12.1 Å². The van der Waals surface area contributed by atoms with E-state index in [2.05, 4.69) is 17.1 Å². The van der Waals surface area contributed by atoms with Crippen LogP contribution in [-0.2, 0) is 0 Å². The van der Waals surface area contributed by atoms with Gasteiger partial charge in [-0.15, -0.1) is 0 Å². The fourth-order valence-electron chi connectivity index (χ4n) is 2.48. The van der Waals surface area contributed by atoms with E-state index in [0.29, 0.717) is 11.6 Å². The first-order chi connectivity index (χ1) is 9.10. The lowest BCUT2D eigenvalue weighted by Crippen LogP contribution is -2.22. The van der Waals surface area contributed by atoms with Crippen LogP contribution in [0.25, 0.3) is 0 Å². The molecule has 5 nitrogen and oxygen atoms in total. The van der Waals surface area contributed by atoms with Crippen molar-refractivity contribution in [2.45, 2.75) is 13.3 Å². The third-order valence-corrected chi connectivity index (χ3v) is 3.70. The number of nitrogens with zero attached hydrogens (tertiary/aromatic N) is 1. The van der Waals surface area contributed by atoms with Gasteiger partial charge in [0.15, 0.2) is 0 Å². The molecular weight excluding hydrogens is 242 g/mol. The van der Waals surface area contributed by atoms with E-state index in [4.69, 9.17) is 10.8 Å². The Morgan fingerprint density at radius 2 is 2.37 bits per heavy atom.